The summed E-state index contributed by atoms with van der Waals surface area (Å²) in [6.45, 7) is 1.30. The van der Waals surface area contributed by atoms with Crippen LogP contribution in [-0.4, -0.2) is 88.4 Å². The van der Waals surface area contributed by atoms with Gasteiger partial charge in [0.05, 0.1) is 25.5 Å². The van der Waals surface area contributed by atoms with E-state index in [1.54, 1.807) is 21.4 Å². The molecule has 1 saturated carbocycles. The van der Waals surface area contributed by atoms with Crippen LogP contribution >= 0.6 is 0 Å². The Morgan fingerprint density at radius 3 is 2.67 bits per heavy atom. The molecule has 0 radical (unpaired) electrons. The fourth-order valence-electron chi connectivity index (χ4n) is 4.22. The predicted octanol–water partition coefficient (Wildman–Crippen LogP) is -0.764. The first-order valence-corrected chi connectivity index (χ1v) is 10.5. The minimum Gasteiger partial charge on any atom is -0.437 e. The smallest absolute Gasteiger partial charge is 0.411 e. The SMILES string of the molecule is Cn1cnc(S(=O)(=O)N2CCN3C(=O)OC4(CN(C(=O)C5CC5)C4)C3C2)c1. The topological polar surface area (TPSA) is 105 Å². The number of piperazine rings is 1. The highest BCUT2D eigenvalue weighted by atomic mass is 32.2. The van der Waals surface area contributed by atoms with Crippen molar-refractivity contribution in [2.75, 3.05) is 32.7 Å². The van der Waals surface area contributed by atoms with E-state index in [-0.39, 0.29) is 42.5 Å². The number of aromatic nitrogens is 2. The van der Waals surface area contributed by atoms with E-state index in [9.17, 15) is 18.0 Å². The number of ether oxygens (including phenoxy) is 1. The van der Waals surface area contributed by atoms with Crippen molar-refractivity contribution in [3.8, 4) is 0 Å². The number of sulfonamides is 1. The largest absolute Gasteiger partial charge is 0.437 e. The van der Waals surface area contributed by atoms with Crippen molar-refractivity contribution in [2.45, 2.75) is 29.5 Å². The van der Waals surface area contributed by atoms with Gasteiger partial charge in [-0.05, 0) is 12.8 Å². The molecule has 4 fully saturated rings. The van der Waals surface area contributed by atoms with Crippen molar-refractivity contribution >= 4 is 22.0 Å². The lowest BCUT2D eigenvalue weighted by Crippen LogP contribution is -2.72. The molecule has 11 heteroatoms. The molecule has 1 spiro atoms. The Labute approximate surface area is 156 Å². The minimum atomic E-state index is -3.74. The monoisotopic (exact) mass is 395 g/mol. The fourth-order valence-corrected chi connectivity index (χ4v) is 5.62. The van der Waals surface area contributed by atoms with Gasteiger partial charge in [0.25, 0.3) is 10.0 Å². The summed E-state index contributed by atoms with van der Waals surface area (Å²) >= 11 is 0. The Balaban J connectivity index is 1.36. The third-order valence-corrected chi connectivity index (χ3v) is 7.67. The van der Waals surface area contributed by atoms with E-state index >= 15 is 0 Å². The molecule has 0 bridgehead atoms. The molecule has 1 aromatic heterocycles. The van der Waals surface area contributed by atoms with Crippen LogP contribution in [0.5, 0.6) is 0 Å². The first kappa shape index (κ1) is 17.0. The lowest BCUT2D eigenvalue weighted by molar-refractivity contribution is -0.156. The average Bonchev–Trinajstić information content (AvgIpc) is 3.29. The molecular weight excluding hydrogens is 374 g/mol. The molecule has 27 heavy (non-hydrogen) atoms. The number of likely N-dealkylation sites (tertiary alicyclic amines) is 1. The summed E-state index contributed by atoms with van der Waals surface area (Å²) in [5.74, 6) is 0.229. The molecule has 3 saturated heterocycles. The zero-order valence-corrected chi connectivity index (χ0v) is 15.8. The lowest BCUT2D eigenvalue weighted by Gasteiger charge is -2.50. The van der Waals surface area contributed by atoms with Crippen LogP contribution in [0.4, 0.5) is 4.79 Å². The number of hydrogen-bond donors (Lipinski definition) is 0. The maximum atomic E-state index is 12.9. The van der Waals surface area contributed by atoms with Crippen molar-refractivity contribution in [3.63, 3.8) is 0 Å². The summed E-state index contributed by atoms with van der Waals surface area (Å²) in [5.41, 5.74) is -0.806. The quantitative estimate of drug-likeness (QED) is 0.666. The van der Waals surface area contributed by atoms with Gasteiger partial charge in [-0.3, -0.25) is 9.69 Å². The molecule has 1 unspecified atom stereocenters. The highest BCUT2D eigenvalue weighted by Crippen LogP contribution is 2.42. The van der Waals surface area contributed by atoms with E-state index in [2.05, 4.69) is 4.98 Å². The van der Waals surface area contributed by atoms with Gasteiger partial charge in [0.1, 0.15) is 0 Å². The normalized spacial score (nSPS) is 27.4. The molecule has 1 atom stereocenters. The second-order valence-corrected chi connectivity index (χ2v) is 9.74. The van der Waals surface area contributed by atoms with Crippen molar-refractivity contribution in [1.82, 2.24) is 23.7 Å². The van der Waals surface area contributed by atoms with Gasteiger partial charge in [0.15, 0.2) is 10.6 Å². The van der Waals surface area contributed by atoms with Crippen molar-refractivity contribution < 1.29 is 22.7 Å². The molecule has 1 aromatic rings. The number of imidazole rings is 1. The van der Waals surface area contributed by atoms with Crippen LogP contribution in [-0.2, 0) is 26.6 Å². The summed E-state index contributed by atoms with van der Waals surface area (Å²) in [5, 5.41) is -0.00288. The van der Waals surface area contributed by atoms with Gasteiger partial charge in [-0.1, -0.05) is 0 Å². The Morgan fingerprint density at radius 1 is 1.30 bits per heavy atom. The van der Waals surface area contributed by atoms with E-state index in [4.69, 9.17) is 4.74 Å². The van der Waals surface area contributed by atoms with Gasteiger partial charge in [-0.25, -0.2) is 18.2 Å². The fraction of sp³-hybridized carbons (Fsp3) is 0.688. The molecule has 3 aliphatic heterocycles. The number of carbonyl (C=O) groups is 2. The first-order chi connectivity index (χ1) is 12.8. The van der Waals surface area contributed by atoms with Gasteiger partial charge in [0.2, 0.25) is 5.91 Å². The number of aryl methyl sites for hydroxylation is 1. The Kier molecular flexibility index (Phi) is 3.43. The number of hydrogen-bond acceptors (Lipinski definition) is 6. The van der Waals surface area contributed by atoms with E-state index < -0.39 is 21.7 Å². The van der Waals surface area contributed by atoms with Gasteiger partial charge >= 0.3 is 6.09 Å². The lowest BCUT2D eigenvalue weighted by atomic mass is 9.84. The van der Waals surface area contributed by atoms with E-state index in [1.165, 1.54) is 16.8 Å². The molecule has 10 nitrogen and oxygen atoms in total. The van der Waals surface area contributed by atoms with Crippen LogP contribution in [0.25, 0.3) is 0 Å². The van der Waals surface area contributed by atoms with Gasteiger partial charge in [-0.15, -0.1) is 0 Å². The minimum absolute atomic E-state index is 0.00288. The number of fused-ring (bicyclic) bond motifs is 2. The summed E-state index contributed by atoms with van der Waals surface area (Å²) < 4.78 is 34.4. The number of rotatable bonds is 3. The van der Waals surface area contributed by atoms with Crippen molar-refractivity contribution in [2.24, 2.45) is 13.0 Å². The number of amides is 2. The van der Waals surface area contributed by atoms with Crippen LogP contribution in [0.1, 0.15) is 12.8 Å². The number of nitrogens with zero attached hydrogens (tertiary/aromatic N) is 5. The molecule has 0 N–H and O–H groups in total. The Hall–Kier alpha value is -2.14. The molecule has 1 aliphatic carbocycles. The Morgan fingerprint density at radius 2 is 2.04 bits per heavy atom. The molecule has 4 aliphatic rings. The van der Waals surface area contributed by atoms with E-state index in [1.807, 2.05) is 0 Å². The van der Waals surface area contributed by atoms with Crippen LogP contribution < -0.4 is 0 Å². The van der Waals surface area contributed by atoms with E-state index in [0.717, 1.165) is 12.8 Å². The second kappa shape index (κ2) is 5.44. The van der Waals surface area contributed by atoms with Gasteiger partial charge < -0.3 is 14.2 Å². The van der Waals surface area contributed by atoms with Crippen LogP contribution in [0.15, 0.2) is 17.6 Å². The highest BCUT2D eigenvalue weighted by Gasteiger charge is 2.64. The first-order valence-electron chi connectivity index (χ1n) is 9.07. The highest BCUT2D eigenvalue weighted by molar-refractivity contribution is 7.89. The van der Waals surface area contributed by atoms with Gasteiger partial charge in [0, 0.05) is 38.8 Å². The van der Waals surface area contributed by atoms with Crippen LogP contribution in [0, 0.1) is 5.92 Å². The van der Waals surface area contributed by atoms with Crippen molar-refractivity contribution in [3.05, 3.63) is 12.5 Å². The molecule has 2 amide bonds. The van der Waals surface area contributed by atoms with E-state index in [0.29, 0.717) is 13.1 Å². The van der Waals surface area contributed by atoms with Crippen molar-refractivity contribution in [1.29, 1.82) is 0 Å². The molecule has 146 valence electrons. The molecule has 0 aromatic carbocycles. The summed E-state index contributed by atoms with van der Waals surface area (Å²) in [6, 6.07) is -0.388. The maximum Gasteiger partial charge on any atom is 0.411 e. The summed E-state index contributed by atoms with van der Waals surface area (Å²) in [7, 11) is -2.03. The predicted molar refractivity (Wildman–Crippen MR) is 91.0 cm³/mol. The maximum absolute atomic E-state index is 12.9. The standard InChI is InChI=1S/C16H21N5O5S/c1-18-7-13(17-10-18)27(24,25)20-4-5-21-12(6-20)16(26-15(21)23)8-19(9-16)14(22)11-2-3-11/h7,10-12H,2-6,8-9H2,1H3. The number of carbonyl (C=O) groups excluding carboxylic acids is 2. The zero-order chi connectivity index (χ0) is 19.0. The average molecular weight is 395 g/mol. The molecule has 5 rings (SSSR count). The second-order valence-electron chi connectivity index (χ2n) is 7.85. The van der Waals surface area contributed by atoms with Gasteiger partial charge in [-0.2, -0.15) is 4.31 Å². The molecular formula is C16H21N5O5S. The molecule has 4 heterocycles. The van der Waals surface area contributed by atoms with Crippen LogP contribution in [0.2, 0.25) is 0 Å². The summed E-state index contributed by atoms with van der Waals surface area (Å²) in [4.78, 5) is 31.8. The van der Waals surface area contributed by atoms with Crippen LogP contribution in [0.3, 0.4) is 0 Å². The zero-order valence-electron chi connectivity index (χ0n) is 14.9. The third kappa shape index (κ3) is 2.48. The Bertz CT molecular complexity index is 917. The third-order valence-electron chi connectivity index (χ3n) is 5.92. The summed E-state index contributed by atoms with van der Waals surface area (Å²) in [6.07, 6.45) is 4.34.